The Balaban J connectivity index is 3.95. The third-order valence-corrected chi connectivity index (χ3v) is 2.42. The molecule has 5 nitrogen and oxygen atoms in total. The summed E-state index contributed by atoms with van der Waals surface area (Å²) in [5.74, 6) is -1.00. The number of aliphatic carboxylic acids is 1. The van der Waals surface area contributed by atoms with Gasteiger partial charge in [0, 0.05) is 6.61 Å². The van der Waals surface area contributed by atoms with Crippen molar-refractivity contribution < 1.29 is 24.5 Å². The first-order valence-electron chi connectivity index (χ1n) is 6.13. The molecule has 0 rings (SSSR count). The lowest BCUT2D eigenvalue weighted by Gasteiger charge is -2.26. The molecule has 0 spiro atoms. The zero-order chi connectivity index (χ0) is 13.1. The minimum atomic E-state index is -1.26. The van der Waals surface area contributed by atoms with Crippen LogP contribution >= 0.6 is 0 Å². The third-order valence-electron chi connectivity index (χ3n) is 2.42. The van der Waals surface area contributed by atoms with Gasteiger partial charge in [0.2, 0.25) is 0 Å². The van der Waals surface area contributed by atoms with Crippen molar-refractivity contribution in [3.8, 4) is 0 Å². The molecule has 17 heavy (non-hydrogen) atoms. The second kappa shape index (κ2) is 9.39. The zero-order valence-corrected chi connectivity index (χ0v) is 10.8. The van der Waals surface area contributed by atoms with Crippen LogP contribution in [0.1, 0.15) is 39.5 Å². The van der Waals surface area contributed by atoms with Gasteiger partial charge in [0.15, 0.2) is 0 Å². The van der Waals surface area contributed by atoms with Crippen LogP contribution in [-0.4, -0.2) is 48.2 Å². The normalized spacial score (nSPS) is 14.5. The van der Waals surface area contributed by atoms with Gasteiger partial charge in [0.05, 0.1) is 31.8 Å². The monoisotopic (exact) mass is 248 g/mol. The predicted octanol–water partition coefficient (Wildman–Crippen LogP) is 1.44. The number of ether oxygens (including phenoxy) is 2. The molecule has 1 unspecified atom stereocenters. The van der Waals surface area contributed by atoms with E-state index in [1.165, 1.54) is 0 Å². The highest BCUT2D eigenvalue weighted by molar-refractivity contribution is 5.68. The molecular formula is C12H24O5. The Morgan fingerprint density at radius 2 is 1.88 bits per heavy atom. The van der Waals surface area contributed by atoms with E-state index in [1.807, 2.05) is 13.8 Å². The van der Waals surface area contributed by atoms with Crippen molar-refractivity contribution in [1.29, 1.82) is 0 Å². The summed E-state index contributed by atoms with van der Waals surface area (Å²) < 4.78 is 10.3. The molecule has 0 saturated carbocycles. The maximum Gasteiger partial charge on any atom is 0.306 e. The minimum Gasteiger partial charge on any atom is -0.481 e. The molecule has 5 heteroatoms. The molecule has 102 valence electrons. The maximum absolute atomic E-state index is 10.7. The number of hydrogen-bond acceptors (Lipinski definition) is 4. The van der Waals surface area contributed by atoms with Crippen LogP contribution in [0.15, 0.2) is 0 Å². The largest absolute Gasteiger partial charge is 0.481 e. The maximum atomic E-state index is 10.7. The van der Waals surface area contributed by atoms with Crippen LogP contribution in [-0.2, 0) is 14.3 Å². The quantitative estimate of drug-likeness (QED) is 0.541. The number of carboxylic acids is 1. The van der Waals surface area contributed by atoms with Gasteiger partial charge in [-0.1, -0.05) is 19.8 Å². The molecule has 0 saturated heterocycles. The third kappa shape index (κ3) is 9.09. The van der Waals surface area contributed by atoms with Gasteiger partial charge < -0.3 is 19.7 Å². The van der Waals surface area contributed by atoms with E-state index in [9.17, 15) is 9.90 Å². The average Bonchev–Trinajstić information content (AvgIpc) is 2.25. The smallest absolute Gasteiger partial charge is 0.306 e. The van der Waals surface area contributed by atoms with Crippen LogP contribution in [0.3, 0.4) is 0 Å². The van der Waals surface area contributed by atoms with Crippen molar-refractivity contribution in [2.24, 2.45) is 0 Å². The van der Waals surface area contributed by atoms with Crippen LogP contribution in [0.5, 0.6) is 0 Å². The highest BCUT2D eigenvalue weighted by atomic mass is 16.5. The summed E-state index contributed by atoms with van der Waals surface area (Å²) in [6.07, 6.45) is 1.88. The highest BCUT2D eigenvalue weighted by Crippen LogP contribution is 2.19. The molecule has 0 aromatic heterocycles. The lowest BCUT2D eigenvalue weighted by molar-refractivity contribution is -0.146. The number of hydrogen-bond donors (Lipinski definition) is 2. The molecule has 0 radical (unpaired) electrons. The molecule has 0 amide bonds. The summed E-state index contributed by atoms with van der Waals surface area (Å²) in [6, 6.07) is 0. The molecule has 0 aromatic carbocycles. The van der Waals surface area contributed by atoms with Crippen LogP contribution in [0, 0.1) is 0 Å². The second-order valence-electron chi connectivity index (χ2n) is 4.15. The summed E-state index contributed by atoms with van der Waals surface area (Å²) >= 11 is 0. The first kappa shape index (κ1) is 16.4. The van der Waals surface area contributed by atoms with E-state index in [0.29, 0.717) is 26.2 Å². The molecule has 1 atom stereocenters. The SMILES string of the molecule is CCCCC(O)(COCCOCC)CC(=O)O. The molecule has 0 aliphatic rings. The summed E-state index contributed by atoms with van der Waals surface area (Å²) in [4.78, 5) is 10.7. The van der Waals surface area contributed by atoms with E-state index in [4.69, 9.17) is 14.6 Å². The number of carbonyl (C=O) groups is 1. The van der Waals surface area contributed by atoms with Crippen LogP contribution in [0.25, 0.3) is 0 Å². The van der Waals surface area contributed by atoms with Crippen molar-refractivity contribution in [3.05, 3.63) is 0 Å². The Bertz CT molecular complexity index is 207. The van der Waals surface area contributed by atoms with Crippen molar-refractivity contribution in [3.63, 3.8) is 0 Å². The van der Waals surface area contributed by atoms with E-state index in [2.05, 4.69) is 0 Å². The number of aliphatic hydroxyl groups is 1. The Labute approximate surface area is 103 Å². The lowest BCUT2D eigenvalue weighted by atomic mass is 9.94. The minimum absolute atomic E-state index is 0.0480. The topological polar surface area (TPSA) is 76.0 Å². The van der Waals surface area contributed by atoms with Gasteiger partial charge in [-0.25, -0.2) is 0 Å². The van der Waals surface area contributed by atoms with Gasteiger partial charge in [-0.2, -0.15) is 0 Å². The van der Waals surface area contributed by atoms with Crippen LogP contribution in [0.4, 0.5) is 0 Å². The zero-order valence-electron chi connectivity index (χ0n) is 10.8. The summed E-state index contributed by atoms with van der Waals surface area (Å²) in [7, 11) is 0. The van der Waals surface area contributed by atoms with Gasteiger partial charge in [0.25, 0.3) is 0 Å². The molecule has 0 bridgehead atoms. The molecule has 2 N–H and O–H groups in total. The highest BCUT2D eigenvalue weighted by Gasteiger charge is 2.29. The summed E-state index contributed by atoms with van der Waals surface area (Å²) in [5, 5.41) is 18.9. The molecule has 0 heterocycles. The van der Waals surface area contributed by atoms with Gasteiger partial charge in [-0.05, 0) is 13.3 Å². The van der Waals surface area contributed by atoms with Crippen molar-refractivity contribution >= 4 is 5.97 Å². The van der Waals surface area contributed by atoms with E-state index >= 15 is 0 Å². The Kier molecular flexibility index (Phi) is 9.03. The number of rotatable bonds is 11. The molecule has 0 fully saturated rings. The van der Waals surface area contributed by atoms with E-state index < -0.39 is 11.6 Å². The molecular weight excluding hydrogens is 224 g/mol. The van der Waals surface area contributed by atoms with Gasteiger partial charge in [-0.3, -0.25) is 4.79 Å². The van der Waals surface area contributed by atoms with E-state index in [0.717, 1.165) is 12.8 Å². The van der Waals surface area contributed by atoms with Crippen molar-refractivity contribution in [2.75, 3.05) is 26.4 Å². The second-order valence-corrected chi connectivity index (χ2v) is 4.15. The van der Waals surface area contributed by atoms with E-state index in [-0.39, 0.29) is 13.0 Å². The molecule has 0 aromatic rings. The number of unbranched alkanes of at least 4 members (excludes halogenated alkanes) is 1. The Morgan fingerprint density at radius 1 is 1.24 bits per heavy atom. The fourth-order valence-electron chi connectivity index (χ4n) is 1.52. The van der Waals surface area contributed by atoms with Crippen LogP contribution < -0.4 is 0 Å². The Morgan fingerprint density at radius 3 is 2.41 bits per heavy atom. The first-order chi connectivity index (χ1) is 8.04. The predicted molar refractivity (Wildman–Crippen MR) is 64.0 cm³/mol. The fourth-order valence-corrected chi connectivity index (χ4v) is 1.52. The first-order valence-corrected chi connectivity index (χ1v) is 6.13. The van der Waals surface area contributed by atoms with Gasteiger partial charge in [-0.15, -0.1) is 0 Å². The van der Waals surface area contributed by atoms with Crippen molar-refractivity contribution in [2.45, 2.75) is 45.1 Å². The summed E-state index contributed by atoms with van der Waals surface area (Å²) in [6.45, 7) is 5.40. The molecule has 0 aliphatic heterocycles. The van der Waals surface area contributed by atoms with Gasteiger partial charge in [0.1, 0.15) is 0 Å². The average molecular weight is 248 g/mol. The van der Waals surface area contributed by atoms with Gasteiger partial charge >= 0.3 is 5.97 Å². The lowest BCUT2D eigenvalue weighted by Crippen LogP contribution is -2.37. The van der Waals surface area contributed by atoms with E-state index in [1.54, 1.807) is 0 Å². The van der Waals surface area contributed by atoms with Crippen molar-refractivity contribution in [1.82, 2.24) is 0 Å². The standard InChI is InChI=1S/C12H24O5/c1-3-5-6-12(15,9-11(13)14)10-17-8-7-16-4-2/h15H,3-10H2,1-2H3,(H,13,14). The fraction of sp³-hybridized carbons (Fsp3) is 0.917. The molecule has 0 aliphatic carbocycles. The Hall–Kier alpha value is -0.650. The number of carboxylic acid groups (broad SMARTS) is 1. The van der Waals surface area contributed by atoms with Crippen LogP contribution in [0.2, 0.25) is 0 Å². The summed E-state index contributed by atoms with van der Waals surface area (Å²) in [5.41, 5.74) is -1.26.